The second kappa shape index (κ2) is 8.65. The largest absolute Gasteiger partial charge is 0.368 e. The number of piperidine rings is 1. The lowest BCUT2D eigenvalue weighted by molar-refractivity contribution is -0.132. The summed E-state index contributed by atoms with van der Waals surface area (Å²) in [5, 5.41) is 0. The monoisotopic (exact) mass is 347 g/mol. The molecule has 2 heterocycles. The third-order valence-corrected chi connectivity index (χ3v) is 5.66. The number of hydrogen-bond donors (Lipinski definition) is 0. The highest BCUT2D eigenvalue weighted by molar-refractivity contribution is 5.76. The molecule has 1 amide bonds. The highest BCUT2D eigenvalue weighted by Gasteiger charge is 2.24. The molecule has 2 aliphatic heterocycles. The third kappa shape index (κ3) is 4.72. The van der Waals surface area contributed by atoms with Crippen molar-refractivity contribution in [1.29, 1.82) is 0 Å². The van der Waals surface area contributed by atoms with Crippen molar-refractivity contribution < 1.29 is 9.18 Å². The number of amides is 1. The van der Waals surface area contributed by atoms with Crippen LogP contribution in [-0.4, -0.2) is 61.0 Å². The average molecular weight is 347 g/mol. The van der Waals surface area contributed by atoms with Gasteiger partial charge in [-0.3, -0.25) is 9.69 Å². The van der Waals surface area contributed by atoms with E-state index in [1.165, 1.54) is 37.8 Å². The summed E-state index contributed by atoms with van der Waals surface area (Å²) in [7, 11) is 0. The van der Waals surface area contributed by atoms with Crippen molar-refractivity contribution >= 4 is 11.6 Å². The zero-order valence-corrected chi connectivity index (χ0v) is 15.3. The molecule has 0 saturated carbocycles. The highest BCUT2D eigenvalue weighted by atomic mass is 19.1. The molecule has 138 valence electrons. The van der Waals surface area contributed by atoms with Crippen LogP contribution in [-0.2, 0) is 4.79 Å². The maximum atomic E-state index is 13.0. The number of anilines is 1. The van der Waals surface area contributed by atoms with Crippen LogP contribution in [0.15, 0.2) is 24.3 Å². The van der Waals surface area contributed by atoms with Crippen molar-refractivity contribution in [3.8, 4) is 0 Å². The Labute approximate surface area is 150 Å². The lowest BCUT2D eigenvalue weighted by Crippen LogP contribution is -2.49. The molecule has 0 aromatic heterocycles. The molecular formula is C20H30FN3O. The summed E-state index contributed by atoms with van der Waals surface area (Å²) in [6.07, 6.45) is 5.69. The third-order valence-electron chi connectivity index (χ3n) is 5.66. The Balaban J connectivity index is 1.44. The zero-order valence-electron chi connectivity index (χ0n) is 15.3. The number of likely N-dealkylation sites (tertiary alicyclic amines) is 1. The number of hydrogen-bond acceptors (Lipinski definition) is 3. The average Bonchev–Trinajstić information content (AvgIpc) is 2.67. The van der Waals surface area contributed by atoms with Crippen LogP contribution in [0.3, 0.4) is 0 Å². The summed E-state index contributed by atoms with van der Waals surface area (Å²) in [6.45, 7) is 7.44. The van der Waals surface area contributed by atoms with Gasteiger partial charge in [0.05, 0.1) is 0 Å². The Morgan fingerprint density at radius 1 is 1.08 bits per heavy atom. The number of nitrogens with zero attached hydrogens (tertiary/aromatic N) is 3. The van der Waals surface area contributed by atoms with E-state index in [1.54, 1.807) is 0 Å². The molecule has 2 fully saturated rings. The van der Waals surface area contributed by atoms with Gasteiger partial charge in [-0.1, -0.05) is 13.3 Å². The summed E-state index contributed by atoms with van der Waals surface area (Å²) in [5.41, 5.74) is 1.03. The fourth-order valence-corrected chi connectivity index (χ4v) is 4.08. The van der Waals surface area contributed by atoms with Crippen LogP contribution in [0.2, 0.25) is 0 Å². The number of carbonyl (C=O) groups is 1. The van der Waals surface area contributed by atoms with Crippen LogP contribution in [0, 0.1) is 5.82 Å². The van der Waals surface area contributed by atoms with Crippen LogP contribution >= 0.6 is 0 Å². The van der Waals surface area contributed by atoms with Gasteiger partial charge in [0.25, 0.3) is 0 Å². The second-order valence-corrected chi connectivity index (χ2v) is 7.19. The SMILES string of the molecule is CCC1CCCCN1CCC(=O)N1CCN(c2ccc(F)cc2)CC1. The van der Waals surface area contributed by atoms with Crippen molar-refractivity contribution in [2.24, 2.45) is 0 Å². The van der Waals surface area contributed by atoms with Crippen LogP contribution in [0.1, 0.15) is 39.0 Å². The zero-order chi connectivity index (χ0) is 17.6. The normalized spacial score (nSPS) is 22.2. The molecule has 5 heteroatoms. The van der Waals surface area contributed by atoms with Crippen LogP contribution in [0.4, 0.5) is 10.1 Å². The van der Waals surface area contributed by atoms with E-state index in [0.717, 1.165) is 45.0 Å². The van der Waals surface area contributed by atoms with Gasteiger partial charge in [0.2, 0.25) is 5.91 Å². The van der Waals surface area contributed by atoms with E-state index in [9.17, 15) is 9.18 Å². The van der Waals surface area contributed by atoms with Gasteiger partial charge in [-0.25, -0.2) is 4.39 Å². The van der Waals surface area contributed by atoms with E-state index in [-0.39, 0.29) is 11.7 Å². The van der Waals surface area contributed by atoms with Crippen LogP contribution in [0.25, 0.3) is 0 Å². The van der Waals surface area contributed by atoms with Crippen molar-refractivity contribution in [2.45, 2.75) is 45.1 Å². The molecule has 3 rings (SSSR count). The van der Waals surface area contributed by atoms with Gasteiger partial charge in [0.1, 0.15) is 5.82 Å². The molecular weight excluding hydrogens is 317 g/mol. The second-order valence-electron chi connectivity index (χ2n) is 7.19. The first-order valence-corrected chi connectivity index (χ1v) is 9.69. The Hall–Kier alpha value is -1.62. The summed E-state index contributed by atoms with van der Waals surface area (Å²) >= 11 is 0. The fourth-order valence-electron chi connectivity index (χ4n) is 4.08. The van der Waals surface area contributed by atoms with Crippen molar-refractivity contribution in [2.75, 3.05) is 44.2 Å². The van der Waals surface area contributed by atoms with E-state index in [0.29, 0.717) is 12.5 Å². The van der Waals surface area contributed by atoms with Crippen molar-refractivity contribution in [3.63, 3.8) is 0 Å². The summed E-state index contributed by atoms with van der Waals surface area (Å²) in [4.78, 5) is 19.3. The van der Waals surface area contributed by atoms with Gasteiger partial charge in [0, 0.05) is 50.9 Å². The number of piperazine rings is 1. The number of benzene rings is 1. The first-order valence-electron chi connectivity index (χ1n) is 9.69. The minimum absolute atomic E-state index is 0.208. The Morgan fingerprint density at radius 3 is 2.48 bits per heavy atom. The Kier molecular flexibility index (Phi) is 6.29. The molecule has 2 saturated heterocycles. The lowest BCUT2D eigenvalue weighted by atomic mass is 10.00. The maximum Gasteiger partial charge on any atom is 0.223 e. The molecule has 0 radical (unpaired) electrons. The smallest absolute Gasteiger partial charge is 0.223 e. The molecule has 0 spiro atoms. The first-order chi connectivity index (χ1) is 12.2. The predicted molar refractivity (Wildman–Crippen MR) is 99.3 cm³/mol. The van der Waals surface area contributed by atoms with Crippen molar-refractivity contribution in [1.82, 2.24) is 9.80 Å². The molecule has 1 aromatic rings. The number of carbonyl (C=O) groups excluding carboxylic acids is 1. The van der Waals surface area contributed by atoms with Gasteiger partial charge in [-0.2, -0.15) is 0 Å². The molecule has 2 aliphatic rings. The minimum atomic E-state index is -0.208. The summed E-state index contributed by atoms with van der Waals surface area (Å²) in [6, 6.07) is 7.28. The van der Waals surface area contributed by atoms with E-state index in [1.807, 2.05) is 17.0 Å². The topological polar surface area (TPSA) is 26.8 Å². The van der Waals surface area contributed by atoms with Crippen molar-refractivity contribution in [3.05, 3.63) is 30.1 Å². The summed E-state index contributed by atoms with van der Waals surface area (Å²) in [5.74, 6) is 0.0693. The maximum absolute atomic E-state index is 13.0. The van der Waals surface area contributed by atoms with E-state index >= 15 is 0 Å². The molecule has 0 aliphatic carbocycles. The van der Waals surface area contributed by atoms with E-state index in [4.69, 9.17) is 0 Å². The number of rotatable bonds is 5. The molecule has 1 aromatic carbocycles. The highest BCUT2D eigenvalue weighted by Crippen LogP contribution is 2.20. The molecule has 4 nitrogen and oxygen atoms in total. The van der Waals surface area contributed by atoms with Crippen LogP contribution < -0.4 is 4.90 Å². The fraction of sp³-hybridized carbons (Fsp3) is 0.650. The summed E-state index contributed by atoms with van der Waals surface area (Å²) < 4.78 is 13.0. The quantitative estimate of drug-likeness (QED) is 0.819. The Morgan fingerprint density at radius 2 is 1.80 bits per heavy atom. The van der Waals surface area contributed by atoms with Gasteiger partial charge < -0.3 is 9.80 Å². The van der Waals surface area contributed by atoms with Crippen LogP contribution in [0.5, 0.6) is 0 Å². The lowest BCUT2D eigenvalue weighted by Gasteiger charge is -2.38. The van der Waals surface area contributed by atoms with E-state index < -0.39 is 0 Å². The predicted octanol–water partition coefficient (Wildman–Crippen LogP) is 3.13. The van der Waals surface area contributed by atoms with Gasteiger partial charge in [-0.15, -0.1) is 0 Å². The van der Waals surface area contributed by atoms with Gasteiger partial charge in [-0.05, 0) is 50.1 Å². The van der Waals surface area contributed by atoms with E-state index in [2.05, 4.69) is 16.7 Å². The number of halogens is 1. The molecule has 25 heavy (non-hydrogen) atoms. The minimum Gasteiger partial charge on any atom is -0.368 e. The molecule has 1 atom stereocenters. The Bertz CT molecular complexity index is 555. The van der Waals surface area contributed by atoms with Gasteiger partial charge in [0.15, 0.2) is 0 Å². The first kappa shape index (κ1) is 18.2. The molecule has 0 bridgehead atoms. The molecule has 0 N–H and O–H groups in total. The standard InChI is InChI=1S/C20H30FN3O/c1-2-18-5-3-4-11-22(18)12-10-20(25)24-15-13-23(14-16-24)19-8-6-17(21)7-9-19/h6-9,18H,2-5,10-16H2,1H3. The van der Waals surface area contributed by atoms with Gasteiger partial charge >= 0.3 is 0 Å². The molecule has 1 unspecified atom stereocenters.